The van der Waals surface area contributed by atoms with Gasteiger partial charge in [-0.15, -0.1) is 0 Å². The lowest BCUT2D eigenvalue weighted by atomic mass is 10.5. The fraction of sp³-hybridized carbons (Fsp3) is 1.00. The Balaban J connectivity index is 2.73. The Kier molecular flexibility index (Phi) is 11.4. The molecule has 0 amide bonds. The monoisotopic (exact) mass is 193 g/mol. The van der Waals surface area contributed by atoms with Crippen molar-refractivity contribution in [3.8, 4) is 0 Å². The van der Waals surface area contributed by atoms with Crippen molar-refractivity contribution in [2.75, 3.05) is 45.0 Å². The van der Waals surface area contributed by atoms with E-state index in [9.17, 15) is 0 Å². The second kappa shape index (κ2) is 11.2. The number of thioether (sulfide) groups is 1. The molecule has 0 aromatic rings. The van der Waals surface area contributed by atoms with Crippen molar-refractivity contribution in [2.24, 2.45) is 5.73 Å². The number of ether oxygens (including phenoxy) is 2. The van der Waals surface area contributed by atoms with Crippen molar-refractivity contribution in [1.82, 2.24) is 0 Å². The van der Waals surface area contributed by atoms with Gasteiger partial charge in [-0.2, -0.15) is 11.8 Å². The van der Waals surface area contributed by atoms with Gasteiger partial charge in [0, 0.05) is 12.9 Å². The first kappa shape index (κ1) is 12.2. The van der Waals surface area contributed by atoms with Crippen LogP contribution in [0.1, 0.15) is 6.42 Å². The topological polar surface area (TPSA) is 44.5 Å². The average molecular weight is 193 g/mol. The van der Waals surface area contributed by atoms with Crippen LogP contribution in [0.5, 0.6) is 0 Å². The van der Waals surface area contributed by atoms with Crippen molar-refractivity contribution in [3.05, 3.63) is 0 Å². The summed E-state index contributed by atoms with van der Waals surface area (Å²) in [6.07, 6.45) is 1.10. The van der Waals surface area contributed by atoms with Crippen molar-refractivity contribution in [3.63, 3.8) is 0 Å². The standard InChI is InChI=1S/C8H19NO2S/c1-10-4-5-11-6-8-12-7-2-3-9/h2-9H2,1H3. The van der Waals surface area contributed by atoms with Crippen LogP contribution in [0.3, 0.4) is 0 Å². The van der Waals surface area contributed by atoms with Crippen molar-refractivity contribution >= 4 is 11.8 Å². The van der Waals surface area contributed by atoms with E-state index in [1.807, 2.05) is 11.8 Å². The Morgan fingerprint density at radius 2 is 2.00 bits per heavy atom. The van der Waals surface area contributed by atoms with Crippen LogP contribution in [-0.4, -0.2) is 45.0 Å². The zero-order valence-corrected chi connectivity index (χ0v) is 8.57. The van der Waals surface area contributed by atoms with Crippen molar-refractivity contribution in [2.45, 2.75) is 6.42 Å². The molecular weight excluding hydrogens is 174 g/mol. The van der Waals surface area contributed by atoms with Crippen molar-refractivity contribution in [1.29, 1.82) is 0 Å². The molecule has 12 heavy (non-hydrogen) atoms. The van der Waals surface area contributed by atoms with Gasteiger partial charge in [-0.25, -0.2) is 0 Å². The molecule has 0 saturated heterocycles. The summed E-state index contributed by atoms with van der Waals surface area (Å²) < 4.78 is 10.1. The molecule has 0 bridgehead atoms. The van der Waals surface area contributed by atoms with E-state index in [1.165, 1.54) is 0 Å². The van der Waals surface area contributed by atoms with Crippen LogP contribution >= 0.6 is 11.8 Å². The Bertz CT molecular complexity index is 73.5. The predicted molar refractivity (Wildman–Crippen MR) is 53.7 cm³/mol. The first-order chi connectivity index (χ1) is 5.91. The predicted octanol–water partition coefficient (Wildman–Crippen LogP) is 0.731. The van der Waals surface area contributed by atoms with Crippen LogP contribution in [0.25, 0.3) is 0 Å². The molecule has 3 nitrogen and oxygen atoms in total. The lowest BCUT2D eigenvalue weighted by Gasteiger charge is -2.02. The maximum absolute atomic E-state index is 5.35. The molecular formula is C8H19NO2S. The number of hydrogen-bond donors (Lipinski definition) is 1. The molecule has 0 aromatic heterocycles. The van der Waals surface area contributed by atoms with Gasteiger partial charge in [-0.1, -0.05) is 0 Å². The molecule has 0 aliphatic heterocycles. The third kappa shape index (κ3) is 10.2. The Morgan fingerprint density at radius 3 is 2.67 bits per heavy atom. The molecule has 0 rings (SSSR count). The number of hydrogen-bond acceptors (Lipinski definition) is 4. The normalized spacial score (nSPS) is 10.5. The van der Waals surface area contributed by atoms with Gasteiger partial charge >= 0.3 is 0 Å². The van der Waals surface area contributed by atoms with Gasteiger partial charge in [0.05, 0.1) is 19.8 Å². The highest BCUT2D eigenvalue weighted by molar-refractivity contribution is 7.99. The molecule has 0 unspecified atom stereocenters. The second-order valence-electron chi connectivity index (χ2n) is 2.36. The molecule has 0 aliphatic carbocycles. The summed E-state index contributed by atoms with van der Waals surface area (Å²) in [5.41, 5.74) is 5.35. The summed E-state index contributed by atoms with van der Waals surface area (Å²) in [7, 11) is 1.68. The van der Waals surface area contributed by atoms with Crippen LogP contribution < -0.4 is 5.73 Å². The smallest absolute Gasteiger partial charge is 0.0700 e. The Morgan fingerprint density at radius 1 is 1.17 bits per heavy atom. The fourth-order valence-electron chi connectivity index (χ4n) is 0.650. The Hall–Kier alpha value is 0.230. The molecule has 0 spiro atoms. The van der Waals surface area contributed by atoms with Crippen molar-refractivity contribution < 1.29 is 9.47 Å². The summed E-state index contributed by atoms with van der Waals surface area (Å²) >= 11 is 1.89. The second-order valence-corrected chi connectivity index (χ2v) is 3.58. The highest BCUT2D eigenvalue weighted by Gasteiger charge is 1.89. The summed E-state index contributed by atoms with van der Waals surface area (Å²) in [5, 5.41) is 0. The minimum atomic E-state index is 0.688. The van der Waals surface area contributed by atoms with E-state index in [-0.39, 0.29) is 0 Å². The molecule has 0 radical (unpaired) electrons. The fourth-order valence-corrected chi connectivity index (χ4v) is 1.46. The summed E-state index contributed by atoms with van der Waals surface area (Å²) in [6, 6.07) is 0. The summed E-state index contributed by atoms with van der Waals surface area (Å²) in [4.78, 5) is 0. The van der Waals surface area contributed by atoms with E-state index in [0.717, 1.165) is 31.1 Å². The van der Waals surface area contributed by atoms with Gasteiger partial charge in [-0.3, -0.25) is 0 Å². The van der Waals surface area contributed by atoms with E-state index in [4.69, 9.17) is 15.2 Å². The highest BCUT2D eigenvalue weighted by atomic mass is 32.2. The van der Waals surface area contributed by atoms with Gasteiger partial charge in [0.1, 0.15) is 0 Å². The zero-order chi connectivity index (χ0) is 9.07. The lowest BCUT2D eigenvalue weighted by molar-refractivity contribution is 0.0790. The minimum absolute atomic E-state index is 0.688. The maximum Gasteiger partial charge on any atom is 0.0700 e. The van der Waals surface area contributed by atoms with E-state index < -0.39 is 0 Å². The van der Waals surface area contributed by atoms with Gasteiger partial charge < -0.3 is 15.2 Å². The van der Waals surface area contributed by atoms with Crippen LogP contribution in [0.4, 0.5) is 0 Å². The van der Waals surface area contributed by atoms with Gasteiger partial charge in [0.25, 0.3) is 0 Å². The lowest BCUT2D eigenvalue weighted by Crippen LogP contribution is -2.05. The third-order valence-electron chi connectivity index (χ3n) is 1.30. The van der Waals surface area contributed by atoms with E-state index in [1.54, 1.807) is 7.11 Å². The molecule has 74 valence electrons. The summed E-state index contributed by atoms with van der Waals surface area (Å²) in [6.45, 7) is 3.00. The molecule has 0 aliphatic rings. The number of methoxy groups -OCH3 is 1. The van der Waals surface area contributed by atoms with Crippen LogP contribution in [0, 0.1) is 0 Å². The van der Waals surface area contributed by atoms with Gasteiger partial charge in [0.2, 0.25) is 0 Å². The van der Waals surface area contributed by atoms with Crippen LogP contribution in [0.15, 0.2) is 0 Å². The Labute approximate surface area is 79.0 Å². The zero-order valence-electron chi connectivity index (χ0n) is 7.75. The van der Waals surface area contributed by atoms with Gasteiger partial charge in [0.15, 0.2) is 0 Å². The minimum Gasteiger partial charge on any atom is -0.382 e. The molecule has 0 aromatic carbocycles. The molecule has 0 saturated carbocycles. The molecule has 4 heteroatoms. The SMILES string of the molecule is COCCOCCSCCCN. The van der Waals surface area contributed by atoms with Gasteiger partial charge in [-0.05, 0) is 18.7 Å². The van der Waals surface area contributed by atoms with E-state index in [2.05, 4.69) is 0 Å². The quantitative estimate of drug-likeness (QED) is 0.548. The number of nitrogens with two attached hydrogens (primary N) is 1. The number of rotatable bonds is 9. The first-order valence-electron chi connectivity index (χ1n) is 4.26. The highest BCUT2D eigenvalue weighted by Crippen LogP contribution is 2.00. The average Bonchev–Trinajstić information content (AvgIpc) is 2.10. The maximum atomic E-state index is 5.35. The van der Waals surface area contributed by atoms with Crippen LogP contribution in [-0.2, 0) is 9.47 Å². The van der Waals surface area contributed by atoms with Crippen LogP contribution in [0.2, 0.25) is 0 Å². The molecule has 0 fully saturated rings. The van der Waals surface area contributed by atoms with E-state index >= 15 is 0 Å². The largest absolute Gasteiger partial charge is 0.382 e. The first-order valence-corrected chi connectivity index (χ1v) is 5.41. The molecule has 0 atom stereocenters. The summed E-state index contributed by atoms with van der Waals surface area (Å²) in [5.74, 6) is 2.20. The molecule has 2 N–H and O–H groups in total. The van der Waals surface area contributed by atoms with E-state index in [0.29, 0.717) is 13.2 Å². The molecule has 0 heterocycles. The third-order valence-corrected chi connectivity index (χ3v) is 2.33.